The standard InChI is InChI=1S/C19H19NO3S2/c1-3-23-16-9-8-13-6-4-5-7-14(13)15(16)12-17-18(21)20(10-11-22-2)19(24)25-17/h4-9,12H,3,10-11H2,1-2H3/b17-12-. The Morgan fingerprint density at radius 2 is 2.04 bits per heavy atom. The summed E-state index contributed by atoms with van der Waals surface area (Å²) in [7, 11) is 1.61. The number of benzene rings is 2. The van der Waals surface area contributed by atoms with Gasteiger partial charge in [0.2, 0.25) is 0 Å². The summed E-state index contributed by atoms with van der Waals surface area (Å²) in [6.07, 6.45) is 1.89. The molecule has 1 saturated heterocycles. The van der Waals surface area contributed by atoms with E-state index in [0.717, 1.165) is 22.1 Å². The van der Waals surface area contributed by atoms with Gasteiger partial charge in [-0.1, -0.05) is 54.3 Å². The van der Waals surface area contributed by atoms with Gasteiger partial charge in [-0.05, 0) is 29.8 Å². The molecule has 1 aliphatic rings. The van der Waals surface area contributed by atoms with Crippen LogP contribution in [-0.4, -0.2) is 42.0 Å². The first-order chi connectivity index (χ1) is 12.2. The lowest BCUT2D eigenvalue weighted by Gasteiger charge is -2.13. The van der Waals surface area contributed by atoms with Crippen molar-refractivity contribution in [2.24, 2.45) is 0 Å². The monoisotopic (exact) mass is 373 g/mol. The molecule has 0 saturated carbocycles. The SMILES string of the molecule is CCOc1ccc2ccccc2c1/C=C1\SC(=S)N(CCOC)C1=O. The fraction of sp³-hybridized carbons (Fsp3) is 0.263. The van der Waals surface area contributed by atoms with Crippen molar-refractivity contribution < 1.29 is 14.3 Å². The van der Waals surface area contributed by atoms with Gasteiger partial charge in [-0.15, -0.1) is 0 Å². The Kier molecular flexibility index (Phi) is 5.73. The number of rotatable bonds is 6. The zero-order chi connectivity index (χ0) is 17.8. The smallest absolute Gasteiger partial charge is 0.266 e. The molecule has 1 heterocycles. The molecule has 0 spiro atoms. The number of nitrogens with zero attached hydrogens (tertiary/aromatic N) is 1. The Morgan fingerprint density at radius 3 is 2.80 bits per heavy atom. The minimum absolute atomic E-state index is 0.0811. The van der Waals surface area contributed by atoms with Crippen molar-refractivity contribution in [3.05, 3.63) is 46.9 Å². The Morgan fingerprint density at radius 1 is 1.24 bits per heavy atom. The van der Waals surface area contributed by atoms with E-state index < -0.39 is 0 Å². The first kappa shape index (κ1) is 17.9. The molecule has 2 aromatic rings. The third-order valence-electron chi connectivity index (χ3n) is 3.90. The van der Waals surface area contributed by atoms with Crippen molar-refractivity contribution in [2.75, 3.05) is 26.9 Å². The van der Waals surface area contributed by atoms with E-state index in [2.05, 4.69) is 0 Å². The number of methoxy groups -OCH3 is 1. The van der Waals surface area contributed by atoms with Gasteiger partial charge < -0.3 is 9.47 Å². The van der Waals surface area contributed by atoms with Crippen LogP contribution in [0.15, 0.2) is 41.3 Å². The Bertz CT molecular complexity index is 848. The number of hydrogen-bond donors (Lipinski definition) is 0. The molecule has 0 aromatic heterocycles. The predicted octanol–water partition coefficient (Wildman–Crippen LogP) is 4.09. The summed E-state index contributed by atoms with van der Waals surface area (Å²) < 4.78 is 11.4. The number of fused-ring (bicyclic) bond motifs is 1. The lowest BCUT2D eigenvalue weighted by Crippen LogP contribution is -2.31. The molecule has 25 heavy (non-hydrogen) atoms. The first-order valence-corrected chi connectivity index (χ1v) is 9.27. The molecule has 1 aliphatic heterocycles. The van der Waals surface area contributed by atoms with Crippen LogP contribution in [0.5, 0.6) is 5.75 Å². The predicted molar refractivity (Wildman–Crippen MR) is 107 cm³/mol. The molecular formula is C19H19NO3S2. The summed E-state index contributed by atoms with van der Waals surface area (Å²) in [4.78, 5) is 14.9. The van der Waals surface area contributed by atoms with Crippen molar-refractivity contribution in [1.29, 1.82) is 0 Å². The van der Waals surface area contributed by atoms with Crippen molar-refractivity contribution in [1.82, 2.24) is 4.90 Å². The van der Waals surface area contributed by atoms with Crippen LogP contribution in [0.25, 0.3) is 16.8 Å². The summed E-state index contributed by atoms with van der Waals surface area (Å²) >= 11 is 6.66. The first-order valence-electron chi connectivity index (χ1n) is 8.04. The normalized spacial score (nSPS) is 16.2. The summed E-state index contributed by atoms with van der Waals surface area (Å²) in [6.45, 7) is 3.43. The lowest BCUT2D eigenvalue weighted by molar-refractivity contribution is -0.122. The summed E-state index contributed by atoms with van der Waals surface area (Å²) in [5, 5.41) is 2.16. The van der Waals surface area contributed by atoms with E-state index in [9.17, 15) is 4.79 Å². The maximum Gasteiger partial charge on any atom is 0.266 e. The average Bonchev–Trinajstić information content (AvgIpc) is 2.88. The van der Waals surface area contributed by atoms with Crippen LogP contribution in [0.1, 0.15) is 12.5 Å². The van der Waals surface area contributed by atoms with Crippen LogP contribution < -0.4 is 4.74 Å². The van der Waals surface area contributed by atoms with Gasteiger partial charge >= 0.3 is 0 Å². The quantitative estimate of drug-likeness (QED) is 0.563. The third kappa shape index (κ3) is 3.71. The van der Waals surface area contributed by atoms with Crippen LogP contribution in [0.3, 0.4) is 0 Å². The van der Waals surface area contributed by atoms with Crippen molar-refractivity contribution in [3.63, 3.8) is 0 Å². The van der Waals surface area contributed by atoms with E-state index in [0.29, 0.717) is 29.0 Å². The van der Waals surface area contributed by atoms with Gasteiger partial charge in [-0.3, -0.25) is 9.69 Å². The molecule has 6 heteroatoms. The number of hydrogen-bond acceptors (Lipinski definition) is 5. The molecule has 0 atom stereocenters. The fourth-order valence-electron chi connectivity index (χ4n) is 2.71. The van der Waals surface area contributed by atoms with Crippen LogP contribution in [0, 0.1) is 0 Å². The highest BCUT2D eigenvalue weighted by molar-refractivity contribution is 8.26. The maximum absolute atomic E-state index is 12.7. The van der Waals surface area contributed by atoms with Crippen LogP contribution in [0.4, 0.5) is 0 Å². The number of amides is 1. The second kappa shape index (κ2) is 7.99. The van der Waals surface area contributed by atoms with Crippen LogP contribution in [-0.2, 0) is 9.53 Å². The zero-order valence-electron chi connectivity index (χ0n) is 14.2. The average molecular weight is 373 g/mol. The van der Waals surface area contributed by atoms with E-state index in [1.165, 1.54) is 11.8 Å². The second-order valence-electron chi connectivity index (χ2n) is 5.46. The minimum atomic E-state index is -0.0811. The Balaban J connectivity index is 2.04. The van der Waals surface area contributed by atoms with E-state index in [1.54, 1.807) is 12.0 Å². The molecule has 0 bridgehead atoms. The number of ether oxygens (including phenoxy) is 2. The number of carbonyl (C=O) groups excluding carboxylic acids is 1. The Hall–Kier alpha value is -1.89. The maximum atomic E-state index is 12.7. The minimum Gasteiger partial charge on any atom is -0.493 e. The van der Waals surface area contributed by atoms with E-state index >= 15 is 0 Å². The van der Waals surface area contributed by atoms with Crippen molar-refractivity contribution in [3.8, 4) is 5.75 Å². The second-order valence-corrected chi connectivity index (χ2v) is 7.13. The topological polar surface area (TPSA) is 38.8 Å². The van der Waals surface area contributed by atoms with Gasteiger partial charge in [0.25, 0.3) is 5.91 Å². The zero-order valence-corrected chi connectivity index (χ0v) is 15.8. The molecule has 0 aliphatic carbocycles. The molecule has 1 amide bonds. The van der Waals surface area contributed by atoms with Gasteiger partial charge in [0.15, 0.2) is 0 Å². The Labute approximate surface area is 156 Å². The number of carbonyl (C=O) groups is 1. The molecule has 4 nitrogen and oxygen atoms in total. The molecular weight excluding hydrogens is 354 g/mol. The highest BCUT2D eigenvalue weighted by Crippen LogP contribution is 2.36. The van der Waals surface area contributed by atoms with Gasteiger partial charge in [0.1, 0.15) is 10.1 Å². The molecule has 130 valence electrons. The van der Waals surface area contributed by atoms with Crippen LogP contribution >= 0.6 is 24.0 Å². The van der Waals surface area contributed by atoms with Gasteiger partial charge in [-0.25, -0.2) is 0 Å². The highest BCUT2D eigenvalue weighted by atomic mass is 32.2. The summed E-state index contributed by atoms with van der Waals surface area (Å²) in [6, 6.07) is 12.0. The van der Waals surface area contributed by atoms with E-state index in [-0.39, 0.29) is 5.91 Å². The van der Waals surface area contributed by atoms with Gasteiger partial charge in [0.05, 0.1) is 24.7 Å². The fourth-order valence-corrected chi connectivity index (χ4v) is 4.00. The molecule has 0 N–H and O–H groups in total. The van der Waals surface area contributed by atoms with Crippen molar-refractivity contribution in [2.45, 2.75) is 6.92 Å². The van der Waals surface area contributed by atoms with Crippen molar-refractivity contribution >= 4 is 51.1 Å². The van der Waals surface area contributed by atoms with E-state index in [1.807, 2.05) is 49.4 Å². The summed E-state index contributed by atoms with van der Waals surface area (Å²) in [5.74, 6) is 0.686. The molecule has 0 unspecified atom stereocenters. The molecule has 1 fully saturated rings. The number of thiocarbonyl (C=S) groups is 1. The molecule has 3 rings (SSSR count). The van der Waals surface area contributed by atoms with Gasteiger partial charge in [-0.2, -0.15) is 0 Å². The molecule has 2 aromatic carbocycles. The lowest BCUT2D eigenvalue weighted by atomic mass is 10.0. The van der Waals surface area contributed by atoms with Crippen LogP contribution in [0.2, 0.25) is 0 Å². The number of thioether (sulfide) groups is 1. The third-order valence-corrected chi connectivity index (χ3v) is 5.28. The molecule has 0 radical (unpaired) electrons. The highest BCUT2D eigenvalue weighted by Gasteiger charge is 2.32. The van der Waals surface area contributed by atoms with E-state index in [4.69, 9.17) is 21.7 Å². The summed E-state index contributed by atoms with van der Waals surface area (Å²) in [5.41, 5.74) is 0.909. The largest absolute Gasteiger partial charge is 0.493 e. The van der Waals surface area contributed by atoms with Gasteiger partial charge in [0, 0.05) is 12.7 Å².